The third kappa shape index (κ3) is 3.05. The van der Waals surface area contributed by atoms with Crippen molar-refractivity contribution in [2.75, 3.05) is 52.6 Å². The largest absolute Gasteiger partial charge is 0.298 e. The molecule has 3 nitrogen and oxygen atoms in total. The minimum atomic E-state index is -0.262. The summed E-state index contributed by atoms with van der Waals surface area (Å²) in [5, 5.41) is 10.3. The number of nitrogens with zero attached hydrogens (tertiary/aromatic N) is 2. The lowest BCUT2D eigenvalue weighted by Gasteiger charge is -2.33. The fraction of sp³-hybridized carbons (Fsp3) is 1.00. The van der Waals surface area contributed by atoms with Crippen molar-refractivity contribution in [1.29, 1.82) is 0 Å². The van der Waals surface area contributed by atoms with E-state index in [1.165, 1.54) is 0 Å². The molecule has 0 unspecified atom stereocenters. The molecule has 12 heavy (non-hydrogen) atoms. The van der Waals surface area contributed by atoms with Gasteiger partial charge in [-0.15, -0.1) is 0 Å². The highest BCUT2D eigenvalue weighted by molar-refractivity contribution is 4.70. The zero-order chi connectivity index (χ0) is 8.81. The molecule has 0 aromatic heterocycles. The van der Waals surface area contributed by atoms with Crippen LogP contribution in [0, 0.1) is 0 Å². The molecule has 0 saturated carbocycles. The Bertz CT molecular complexity index is 102. The Hall–Kier alpha value is -0.190. The Morgan fingerprint density at radius 1 is 1.00 bits per heavy atom. The van der Waals surface area contributed by atoms with Gasteiger partial charge in [-0.2, -0.15) is 0 Å². The van der Waals surface area contributed by atoms with Crippen LogP contribution in [-0.4, -0.2) is 62.3 Å². The molecule has 0 N–H and O–H groups in total. The van der Waals surface area contributed by atoms with Gasteiger partial charge in [0.1, 0.15) is 6.67 Å². The molecule has 1 aliphatic rings. The maximum atomic E-state index is 11.9. The molecule has 1 saturated heterocycles. The van der Waals surface area contributed by atoms with Crippen LogP contribution < -0.4 is 0 Å². The molecular formula is C8H16FN2O. The minimum Gasteiger partial charge on any atom is -0.298 e. The van der Waals surface area contributed by atoms with E-state index in [2.05, 4.69) is 9.80 Å². The normalized spacial score (nSPS) is 21.5. The fourth-order valence-corrected chi connectivity index (χ4v) is 1.49. The highest BCUT2D eigenvalue weighted by Gasteiger charge is 2.15. The van der Waals surface area contributed by atoms with Crippen molar-refractivity contribution in [3.8, 4) is 0 Å². The first-order chi connectivity index (χ1) is 5.86. The van der Waals surface area contributed by atoms with Crippen molar-refractivity contribution in [3.05, 3.63) is 0 Å². The standard InChI is InChI=1S/C8H16FN2O/c9-1-2-10-3-5-11(6-4-10)7-8-12/h1-8H2. The SMILES string of the molecule is [O]CCN1CCN(CCF)CC1. The predicted molar refractivity (Wildman–Crippen MR) is 44.4 cm³/mol. The molecule has 1 fully saturated rings. The summed E-state index contributed by atoms with van der Waals surface area (Å²) in [7, 11) is 0. The first kappa shape index (κ1) is 9.89. The van der Waals surface area contributed by atoms with Crippen LogP contribution in [0.15, 0.2) is 0 Å². The molecule has 0 aromatic rings. The van der Waals surface area contributed by atoms with Gasteiger partial charge in [-0.1, -0.05) is 0 Å². The Morgan fingerprint density at radius 2 is 1.50 bits per heavy atom. The molecule has 0 aliphatic carbocycles. The van der Waals surface area contributed by atoms with Crippen LogP contribution in [0.4, 0.5) is 4.39 Å². The maximum Gasteiger partial charge on any atom is 0.102 e. The van der Waals surface area contributed by atoms with E-state index >= 15 is 0 Å². The monoisotopic (exact) mass is 175 g/mol. The van der Waals surface area contributed by atoms with Crippen molar-refractivity contribution in [2.24, 2.45) is 0 Å². The van der Waals surface area contributed by atoms with Crippen LogP contribution in [0.3, 0.4) is 0 Å². The summed E-state index contributed by atoms with van der Waals surface area (Å²) >= 11 is 0. The fourth-order valence-electron chi connectivity index (χ4n) is 1.49. The molecule has 0 aromatic carbocycles. The van der Waals surface area contributed by atoms with E-state index in [9.17, 15) is 9.50 Å². The lowest BCUT2D eigenvalue weighted by atomic mass is 10.3. The Labute approximate surface area is 72.8 Å². The van der Waals surface area contributed by atoms with E-state index in [1.807, 2.05) is 0 Å². The Balaban J connectivity index is 2.11. The molecular weight excluding hydrogens is 159 g/mol. The lowest BCUT2D eigenvalue weighted by molar-refractivity contribution is 0.0895. The molecule has 71 valence electrons. The average Bonchev–Trinajstić information content (AvgIpc) is 2.09. The van der Waals surface area contributed by atoms with Crippen LogP contribution in [0.5, 0.6) is 0 Å². The second kappa shape index (κ2) is 5.45. The van der Waals surface area contributed by atoms with Gasteiger partial charge in [0.05, 0.1) is 6.61 Å². The number of alkyl halides is 1. The molecule has 0 bridgehead atoms. The second-order valence-electron chi connectivity index (χ2n) is 3.08. The van der Waals surface area contributed by atoms with Crippen LogP contribution >= 0.6 is 0 Å². The Kier molecular flexibility index (Phi) is 4.50. The molecule has 4 heteroatoms. The zero-order valence-corrected chi connectivity index (χ0v) is 7.34. The van der Waals surface area contributed by atoms with E-state index in [-0.39, 0.29) is 13.3 Å². The van der Waals surface area contributed by atoms with Gasteiger partial charge >= 0.3 is 0 Å². The summed E-state index contributed by atoms with van der Waals surface area (Å²) in [6.07, 6.45) is 0. The quantitative estimate of drug-likeness (QED) is 0.601. The van der Waals surface area contributed by atoms with E-state index in [4.69, 9.17) is 0 Å². The predicted octanol–water partition coefficient (Wildman–Crippen LogP) is 0.00400. The van der Waals surface area contributed by atoms with Gasteiger partial charge in [0.25, 0.3) is 0 Å². The summed E-state index contributed by atoms with van der Waals surface area (Å²) in [5.41, 5.74) is 0. The number of hydrogen-bond acceptors (Lipinski definition) is 2. The van der Waals surface area contributed by atoms with E-state index in [1.54, 1.807) is 0 Å². The number of hydrogen-bond donors (Lipinski definition) is 0. The van der Waals surface area contributed by atoms with Crippen LogP contribution in [0.1, 0.15) is 0 Å². The molecule has 1 aliphatic heterocycles. The Morgan fingerprint density at radius 3 is 1.92 bits per heavy atom. The van der Waals surface area contributed by atoms with Crippen LogP contribution in [0.2, 0.25) is 0 Å². The third-order valence-corrected chi connectivity index (χ3v) is 2.27. The molecule has 1 rings (SSSR count). The van der Waals surface area contributed by atoms with Crippen LogP contribution in [-0.2, 0) is 5.11 Å². The lowest BCUT2D eigenvalue weighted by Crippen LogP contribution is -2.47. The smallest absolute Gasteiger partial charge is 0.102 e. The van der Waals surface area contributed by atoms with Crippen molar-refractivity contribution in [3.63, 3.8) is 0 Å². The summed E-state index contributed by atoms with van der Waals surface area (Å²) in [6, 6.07) is 0. The zero-order valence-electron chi connectivity index (χ0n) is 7.34. The van der Waals surface area contributed by atoms with Gasteiger partial charge in [0.2, 0.25) is 0 Å². The van der Waals surface area contributed by atoms with Gasteiger partial charge < -0.3 is 0 Å². The van der Waals surface area contributed by atoms with E-state index < -0.39 is 0 Å². The highest BCUT2D eigenvalue weighted by Crippen LogP contribution is 2.00. The summed E-state index contributed by atoms with van der Waals surface area (Å²) in [4.78, 5) is 4.24. The van der Waals surface area contributed by atoms with Crippen LogP contribution in [0.25, 0.3) is 0 Å². The van der Waals surface area contributed by atoms with Crippen molar-refractivity contribution < 1.29 is 9.50 Å². The van der Waals surface area contributed by atoms with Crippen molar-refractivity contribution in [1.82, 2.24) is 9.80 Å². The topological polar surface area (TPSA) is 26.4 Å². The van der Waals surface area contributed by atoms with Gasteiger partial charge in [0.15, 0.2) is 0 Å². The molecule has 0 spiro atoms. The first-order valence-corrected chi connectivity index (χ1v) is 4.45. The highest BCUT2D eigenvalue weighted by atomic mass is 19.1. The van der Waals surface area contributed by atoms with Gasteiger partial charge in [-0.3, -0.25) is 9.80 Å². The van der Waals surface area contributed by atoms with Crippen molar-refractivity contribution in [2.45, 2.75) is 0 Å². The minimum absolute atomic E-state index is 0.0247. The maximum absolute atomic E-state index is 11.9. The summed E-state index contributed by atoms with van der Waals surface area (Å²) in [5.74, 6) is 0. The summed E-state index contributed by atoms with van der Waals surface area (Å²) < 4.78 is 11.9. The van der Waals surface area contributed by atoms with Gasteiger partial charge in [-0.25, -0.2) is 9.50 Å². The molecule has 0 atom stereocenters. The average molecular weight is 175 g/mol. The second-order valence-corrected chi connectivity index (χ2v) is 3.08. The first-order valence-electron chi connectivity index (χ1n) is 4.45. The van der Waals surface area contributed by atoms with E-state index in [0.717, 1.165) is 26.2 Å². The third-order valence-electron chi connectivity index (χ3n) is 2.27. The molecule has 1 radical (unpaired) electrons. The number of halogens is 1. The molecule has 0 amide bonds. The van der Waals surface area contributed by atoms with Crippen molar-refractivity contribution >= 4 is 0 Å². The summed E-state index contributed by atoms with van der Waals surface area (Å²) in [6.45, 7) is 4.55. The van der Waals surface area contributed by atoms with Gasteiger partial charge in [0, 0.05) is 39.3 Å². The number of rotatable bonds is 4. The van der Waals surface area contributed by atoms with Gasteiger partial charge in [-0.05, 0) is 0 Å². The number of piperazine rings is 1. The van der Waals surface area contributed by atoms with E-state index in [0.29, 0.717) is 13.1 Å². The molecule has 1 heterocycles.